The van der Waals surface area contributed by atoms with Gasteiger partial charge in [-0.1, -0.05) is 12.1 Å². The number of carboxylic acid groups (broad SMARTS) is 2. The minimum Gasteiger partial charge on any atom is -0.465 e. The van der Waals surface area contributed by atoms with Crippen molar-refractivity contribution in [2.75, 3.05) is 5.73 Å². The number of benzene rings is 1. The van der Waals surface area contributed by atoms with Crippen LogP contribution in [0.2, 0.25) is 0 Å². The highest BCUT2D eigenvalue weighted by molar-refractivity contribution is 5.85. The fourth-order valence-corrected chi connectivity index (χ4v) is 1.26. The number of imide groups is 1. The molecule has 0 radical (unpaired) electrons. The maximum Gasteiger partial charge on any atom is 0.417 e. The van der Waals surface area contributed by atoms with Gasteiger partial charge in [0, 0.05) is 5.69 Å². The van der Waals surface area contributed by atoms with Crippen LogP contribution >= 0.6 is 0 Å². The number of hydrogen-bond acceptors (Lipinski definition) is 3. The van der Waals surface area contributed by atoms with Crippen LogP contribution in [0.4, 0.5) is 15.3 Å². The van der Waals surface area contributed by atoms with E-state index in [9.17, 15) is 9.59 Å². The minimum absolute atomic E-state index is 0.221. The molecule has 6 nitrogen and oxygen atoms in total. The average molecular weight is 224 g/mol. The molecular formula is C10H12N2O4. The van der Waals surface area contributed by atoms with E-state index in [1.807, 2.05) is 0 Å². The van der Waals surface area contributed by atoms with Gasteiger partial charge in [0.25, 0.3) is 0 Å². The van der Waals surface area contributed by atoms with E-state index in [2.05, 4.69) is 0 Å². The second-order valence-corrected chi connectivity index (χ2v) is 3.28. The Morgan fingerprint density at radius 1 is 1.31 bits per heavy atom. The smallest absolute Gasteiger partial charge is 0.417 e. The summed E-state index contributed by atoms with van der Waals surface area (Å²) in [7, 11) is 0. The second kappa shape index (κ2) is 4.52. The van der Waals surface area contributed by atoms with Crippen molar-refractivity contribution >= 4 is 17.9 Å². The highest BCUT2D eigenvalue weighted by Gasteiger charge is 2.20. The van der Waals surface area contributed by atoms with Crippen molar-refractivity contribution in [3.8, 4) is 0 Å². The molecule has 0 fully saturated rings. The van der Waals surface area contributed by atoms with Gasteiger partial charge >= 0.3 is 12.2 Å². The number of anilines is 1. The summed E-state index contributed by atoms with van der Waals surface area (Å²) in [6, 6.07) is 4.97. The van der Waals surface area contributed by atoms with Crippen LogP contribution in [0.5, 0.6) is 0 Å². The summed E-state index contributed by atoms with van der Waals surface area (Å²) in [4.78, 5) is 21.6. The van der Waals surface area contributed by atoms with Gasteiger partial charge in [-0.3, -0.25) is 0 Å². The molecule has 0 heterocycles. The topological polar surface area (TPSA) is 104 Å². The van der Waals surface area contributed by atoms with Gasteiger partial charge < -0.3 is 15.9 Å². The van der Waals surface area contributed by atoms with Crippen LogP contribution in [0.1, 0.15) is 11.1 Å². The van der Waals surface area contributed by atoms with Gasteiger partial charge in [0.05, 0.1) is 6.54 Å². The molecule has 2 amide bonds. The molecule has 0 aliphatic heterocycles. The number of amides is 2. The van der Waals surface area contributed by atoms with Crippen molar-refractivity contribution in [3.05, 3.63) is 29.3 Å². The zero-order valence-electron chi connectivity index (χ0n) is 8.67. The number of rotatable bonds is 2. The van der Waals surface area contributed by atoms with Crippen molar-refractivity contribution in [1.29, 1.82) is 0 Å². The van der Waals surface area contributed by atoms with Gasteiger partial charge in [-0.05, 0) is 24.1 Å². The zero-order chi connectivity index (χ0) is 12.3. The molecule has 16 heavy (non-hydrogen) atoms. The molecular weight excluding hydrogens is 212 g/mol. The van der Waals surface area contributed by atoms with Crippen molar-refractivity contribution in [2.24, 2.45) is 0 Å². The summed E-state index contributed by atoms with van der Waals surface area (Å²) in [5.41, 5.74) is 7.41. The molecule has 1 rings (SSSR count). The summed E-state index contributed by atoms with van der Waals surface area (Å²) < 4.78 is 0. The van der Waals surface area contributed by atoms with Crippen LogP contribution in [-0.2, 0) is 6.54 Å². The number of nitrogen functional groups attached to an aromatic ring is 1. The Morgan fingerprint density at radius 2 is 1.88 bits per heavy atom. The Morgan fingerprint density at radius 3 is 2.38 bits per heavy atom. The number of hydrogen-bond donors (Lipinski definition) is 3. The predicted octanol–water partition coefficient (Wildman–Crippen LogP) is 1.74. The third-order valence-corrected chi connectivity index (χ3v) is 2.28. The molecule has 0 saturated carbocycles. The molecule has 0 bridgehead atoms. The lowest BCUT2D eigenvalue weighted by atomic mass is 10.1. The summed E-state index contributed by atoms with van der Waals surface area (Å²) in [6.07, 6.45) is -3.01. The summed E-state index contributed by atoms with van der Waals surface area (Å²) >= 11 is 0. The first kappa shape index (κ1) is 11.8. The summed E-state index contributed by atoms with van der Waals surface area (Å²) in [6.45, 7) is 1.49. The lowest BCUT2D eigenvalue weighted by Gasteiger charge is -2.15. The molecule has 0 atom stereocenters. The van der Waals surface area contributed by atoms with Crippen LogP contribution < -0.4 is 5.73 Å². The first-order chi connectivity index (χ1) is 7.43. The third-order valence-electron chi connectivity index (χ3n) is 2.28. The number of nitrogens with zero attached hydrogens (tertiary/aromatic N) is 1. The van der Waals surface area contributed by atoms with Crippen molar-refractivity contribution in [2.45, 2.75) is 13.5 Å². The average Bonchev–Trinajstić information content (AvgIpc) is 2.19. The van der Waals surface area contributed by atoms with E-state index in [1.54, 1.807) is 25.1 Å². The van der Waals surface area contributed by atoms with Gasteiger partial charge in [-0.25, -0.2) is 14.5 Å². The van der Waals surface area contributed by atoms with E-state index in [4.69, 9.17) is 15.9 Å². The SMILES string of the molecule is Cc1c(N)cccc1CN(C(=O)O)C(=O)O. The quantitative estimate of drug-likeness (QED) is 0.663. The van der Waals surface area contributed by atoms with Gasteiger partial charge in [-0.2, -0.15) is 0 Å². The highest BCUT2D eigenvalue weighted by Crippen LogP contribution is 2.17. The Kier molecular flexibility index (Phi) is 3.34. The fourth-order valence-electron chi connectivity index (χ4n) is 1.26. The predicted molar refractivity (Wildman–Crippen MR) is 57.2 cm³/mol. The zero-order valence-corrected chi connectivity index (χ0v) is 8.67. The van der Waals surface area contributed by atoms with E-state index in [1.165, 1.54) is 0 Å². The van der Waals surface area contributed by atoms with E-state index >= 15 is 0 Å². The summed E-state index contributed by atoms with van der Waals surface area (Å²) in [5, 5.41) is 17.4. The normalized spacial score (nSPS) is 9.81. The van der Waals surface area contributed by atoms with Gasteiger partial charge in [0.1, 0.15) is 0 Å². The van der Waals surface area contributed by atoms with Crippen LogP contribution in [0.25, 0.3) is 0 Å². The molecule has 4 N–H and O–H groups in total. The molecule has 1 aromatic carbocycles. The number of nitrogens with two attached hydrogens (primary N) is 1. The molecule has 0 aliphatic carbocycles. The molecule has 6 heteroatoms. The first-order valence-electron chi connectivity index (χ1n) is 4.51. The standard InChI is InChI=1S/C10H12N2O4/c1-6-7(3-2-4-8(6)11)5-12(9(13)14)10(15)16/h2-4H,5,11H2,1H3,(H,13,14)(H,15,16). The van der Waals surface area contributed by atoms with Gasteiger partial charge in [0.2, 0.25) is 0 Å². The van der Waals surface area contributed by atoms with Crippen molar-refractivity contribution < 1.29 is 19.8 Å². The molecule has 0 aromatic heterocycles. The summed E-state index contributed by atoms with van der Waals surface area (Å²) in [5.74, 6) is 0. The molecule has 0 unspecified atom stereocenters. The van der Waals surface area contributed by atoms with E-state index in [-0.39, 0.29) is 6.54 Å². The van der Waals surface area contributed by atoms with E-state index in [0.717, 1.165) is 0 Å². The monoisotopic (exact) mass is 224 g/mol. The molecule has 0 aliphatic rings. The highest BCUT2D eigenvalue weighted by atomic mass is 16.4. The van der Waals surface area contributed by atoms with Crippen LogP contribution in [0.3, 0.4) is 0 Å². The lowest BCUT2D eigenvalue weighted by Crippen LogP contribution is -2.34. The van der Waals surface area contributed by atoms with Gasteiger partial charge in [0.15, 0.2) is 0 Å². The maximum absolute atomic E-state index is 10.7. The maximum atomic E-state index is 10.7. The molecule has 1 aromatic rings. The van der Waals surface area contributed by atoms with Crippen molar-refractivity contribution in [3.63, 3.8) is 0 Å². The van der Waals surface area contributed by atoms with Crippen LogP contribution in [0, 0.1) is 6.92 Å². The second-order valence-electron chi connectivity index (χ2n) is 3.28. The number of carbonyl (C=O) groups is 2. The van der Waals surface area contributed by atoms with Crippen molar-refractivity contribution in [1.82, 2.24) is 4.90 Å². The Hall–Kier alpha value is -2.24. The Labute approximate surface area is 91.9 Å². The Balaban J connectivity index is 2.98. The molecule has 86 valence electrons. The van der Waals surface area contributed by atoms with E-state index < -0.39 is 12.2 Å². The minimum atomic E-state index is -1.51. The molecule has 0 saturated heterocycles. The van der Waals surface area contributed by atoms with Crippen LogP contribution in [0.15, 0.2) is 18.2 Å². The fraction of sp³-hybridized carbons (Fsp3) is 0.200. The van der Waals surface area contributed by atoms with Gasteiger partial charge in [-0.15, -0.1) is 0 Å². The third kappa shape index (κ3) is 2.41. The van der Waals surface area contributed by atoms with Crippen LogP contribution in [-0.4, -0.2) is 27.3 Å². The first-order valence-corrected chi connectivity index (χ1v) is 4.51. The Bertz CT molecular complexity index is 417. The largest absolute Gasteiger partial charge is 0.465 e. The van der Waals surface area contributed by atoms with E-state index in [0.29, 0.717) is 21.7 Å². The lowest BCUT2D eigenvalue weighted by molar-refractivity contribution is 0.120. The molecule has 0 spiro atoms.